The van der Waals surface area contributed by atoms with Gasteiger partial charge in [0.2, 0.25) is 5.28 Å². The van der Waals surface area contributed by atoms with Crippen LogP contribution in [-0.2, 0) is 0 Å². The molecule has 1 aromatic carbocycles. The lowest BCUT2D eigenvalue weighted by Gasteiger charge is -2.01. The molecule has 0 aliphatic carbocycles. The molecule has 3 aromatic rings. The van der Waals surface area contributed by atoms with Crippen molar-refractivity contribution in [3.05, 3.63) is 33.8 Å². The maximum atomic E-state index is 6.14. The van der Waals surface area contributed by atoms with Gasteiger partial charge in [-0.25, -0.2) is 9.97 Å². The molecule has 92 valence electrons. The lowest BCUT2D eigenvalue weighted by Crippen LogP contribution is -1.95. The largest absolute Gasteiger partial charge is 0.226 e. The summed E-state index contributed by atoms with van der Waals surface area (Å²) < 4.78 is 2.55. The van der Waals surface area contributed by atoms with Crippen LogP contribution in [0, 0.1) is 0 Å². The van der Waals surface area contributed by atoms with E-state index < -0.39 is 0 Å². The van der Waals surface area contributed by atoms with Gasteiger partial charge in [0.25, 0.3) is 0 Å². The molecule has 0 aliphatic rings. The minimum Gasteiger partial charge on any atom is -0.218 e. The lowest BCUT2D eigenvalue weighted by atomic mass is 10.2. The number of rotatable bonds is 1. The van der Waals surface area contributed by atoms with Crippen LogP contribution < -0.4 is 0 Å². The number of hydrogen-bond donors (Lipinski definition) is 0. The van der Waals surface area contributed by atoms with Gasteiger partial charge in [-0.1, -0.05) is 29.8 Å². The zero-order valence-electron chi connectivity index (χ0n) is 9.85. The Morgan fingerprint density at radius 1 is 1.28 bits per heavy atom. The fourth-order valence-corrected chi connectivity index (χ4v) is 2.37. The molecule has 0 bridgehead atoms. The molecule has 0 saturated carbocycles. The van der Waals surface area contributed by atoms with Crippen molar-refractivity contribution in [3.8, 4) is 0 Å². The third kappa shape index (κ3) is 1.78. The van der Waals surface area contributed by atoms with Crippen LogP contribution in [0.5, 0.6) is 0 Å². The second-order valence-corrected chi connectivity index (χ2v) is 5.66. The number of aromatic nitrogens is 4. The van der Waals surface area contributed by atoms with Crippen molar-refractivity contribution in [3.63, 3.8) is 0 Å². The quantitative estimate of drug-likeness (QED) is 0.639. The van der Waals surface area contributed by atoms with Crippen LogP contribution in [0.3, 0.4) is 0 Å². The Bertz CT molecular complexity index is 750. The topological polar surface area (TPSA) is 43.1 Å². The van der Waals surface area contributed by atoms with Crippen molar-refractivity contribution in [2.75, 3.05) is 0 Å². The maximum absolute atomic E-state index is 6.14. The molecule has 0 amide bonds. The Balaban J connectivity index is 2.45. The standard InChI is InChI=1S/C12H10BrClN4/c1-6(2)10-16-11-8-4-3-7(13)5-9(8)15-12(14)18(11)17-10/h3-6H,1-2H3. The molecule has 18 heavy (non-hydrogen) atoms. The first-order valence-corrected chi connectivity index (χ1v) is 6.75. The van der Waals surface area contributed by atoms with Gasteiger partial charge in [-0.3, -0.25) is 0 Å². The molecule has 0 atom stereocenters. The Labute approximate surface area is 117 Å². The van der Waals surface area contributed by atoms with Crippen molar-refractivity contribution in [1.29, 1.82) is 0 Å². The first kappa shape index (κ1) is 11.9. The smallest absolute Gasteiger partial charge is 0.218 e. The maximum Gasteiger partial charge on any atom is 0.226 e. The summed E-state index contributed by atoms with van der Waals surface area (Å²) in [4.78, 5) is 8.88. The fourth-order valence-electron chi connectivity index (χ4n) is 1.81. The molecule has 4 nitrogen and oxygen atoms in total. The summed E-state index contributed by atoms with van der Waals surface area (Å²) in [5.41, 5.74) is 1.56. The van der Waals surface area contributed by atoms with Gasteiger partial charge in [0.1, 0.15) is 0 Å². The van der Waals surface area contributed by atoms with E-state index in [1.807, 2.05) is 18.2 Å². The molecule has 0 saturated heterocycles. The average molecular weight is 326 g/mol. The molecule has 0 unspecified atom stereocenters. The summed E-state index contributed by atoms with van der Waals surface area (Å²) in [7, 11) is 0. The number of benzene rings is 1. The minimum absolute atomic E-state index is 0.256. The minimum atomic E-state index is 0.256. The van der Waals surface area contributed by atoms with Gasteiger partial charge in [0.15, 0.2) is 11.5 Å². The zero-order valence-corrected chi connectivity index (χ0v) is 12.2. The summed E-state index contributed by atoms with van der Waals surface area (Å²) in [5, 5.41) is 5.66. The zero-order chi connectivity index (χ0) is 12.9. The van der Waals surface area contributed by atoms with E-state index in [0.29, 0.717) is 5.28 Å². The summed E-state index contributed by atoms with van der Waals surface area (Å²) in [6.07, 6.45) is 0. The normalized spacial score (nSPS) is 11.8. The number of fused-ring (bicyclic) bond motifs is 3. The van der Waals surface area contributed by atoms with Gasteiger partial charge in [0, 0.05) is 15.8 Å². The van der Waals surface area contributed by atoms with E-state index in [1.165, 1.54) is 0 Å². The van der Waals surface area contributed by atoms with E-state index in [1.54, 1.807) is 4.52 Å². The van der Waals surface area contributed by atoms with E-state index in [9.17, 15) is 0 Å². The fraction of sp³-hybridized carbons (Fsp3) is 0.250. The summed E-state index contributed by atoms with van der Waals surface area (Å²) in [6.45, 7) is 4.10. The van der Waals surface area contributed by atoms with Gasteiger partial charge in [-0.15, -0.1) is 5.10 Å². The Hall–Kier alpha value is -1.20. The van der Waals surface area contributed by atoms with Crippen LogP contribution in [0.2, 0.25) is 5.28 Å². The van der Waals surface area contributed by atoms with E-state index in [4.69, 9.17) is 11.6 Å². The molecular formula is C12H10BrClN4. The summed E-state index contributed by atoms with van der Waals surface area (Å²) in [5.74, 6) is 1.03. The molecule has 6 heteroatoms. The van der Waals surface area contributed by atoms with E-state index in [2.05, 4.69) is 44.8 Å². The van der Waals surface area contributed by atoms with E-state index in [-0.39, 0.29) is 5.92 Å². The van der Waals surface area contributed by atoms with Crippen molar-refractivity contribution in [2.45, 2.75) is 19.8 Å². The second-order valence-electron chi connectivity index (χ2n) is 4.40. The average Bonchev–Trinajstić information content (AvgIpc) is 2.74. The highest BCUT2D eigenvalue weighted by molar-refractivity contribution is 9.10. The second kappa shape index (κ2) is 4.17. The van der Waals surface area contributed by atoms with Crippen LogP contribution >= 0.6 is 27.5 Å². The van der Waals surface area contributed by atoms with E-state index in [0.717, 1.165) is 26.8 Å². The highest BCUT2D eigenvalue weighted by Gasteiger charge is 2.13. The van der Waals surface area contributed by atoms with Crippen molar-refractivity contribution in [1.82, 2.24) is 19.6 Å². The Kier molecular flexibility index (Phi) is 2.75. The molecule has 0 spiro atoms. The first-order valence-electron chi connectivity index (χ1n) is 5.57. The monoisotopic (exact) mass is 324 g/mol. The highest BCUT2D eigenvalue weighted by Crippen LogP contribution is 2.25. The van der Waals surface area contributed by atoms with Crippen molar-refractivity contribution >= 4 is 44.1 Å². The van der Waals surface area contributed by atoms with Crippen LogP contribution in [0.1, 0.15) is 25.6 Å². The molecule has 0 N–H and O–H groups in total. The van der Waals surface area contributed by atoms with Gasteiger partial charge in [-0.2, -0.15) is 4.52 Å². The first-order chi connectivity index (χ1) is 8.56. The summed E-state index contributed by atoms with van der Waals surface area (Å²) in [6, 6.07) is 5.85. The molecule has 0 aliphatic heterocycles. The highest BCUT2D eigenvalue weighted by atomic mass is 79.9. The summed E-state index contributed by atoms with van der Waals surface area (Å²) >= 11 is 9.56. The van der Waals surface area contributed by atoms with Gasteiger partial charge in [0.05, 0.1) is 5.52 Å². The molecule has 2 heterocycles. The van der Waals surface area contributed by atoms with Crippen molar-refractivity contribution < 1.29 is 0 Å². The van der Waals surface area contributed by atoms with Crippen LogP contribution in [0.4, 0.5) is 0 Å². The van der Waals surface area contributed by atoms with E-state index >= 15 is 0 Å². The van der Waals surface area contributed by atoms with Gasteiger partial charge in [-0.05, 0) is 29.8 Å². The third-order valence-corrected chi connectivity index (χ3v) is 3.47. The third-order valence-electron chi connectivity index (χ3n) is 2.73. The predicted octanol–water partition coefficient (Wildman–Crippen LogP) is 3.82. The SMILES string of the molecule is CC(C)c1nc2c3ccc(Br)cc3nc(Cl)n2n1. The van der Waals surface area contributed by atoms with Crippen LogP contribution in [0.15, 0.2) is 22.7 Å². The molecular weight excluding hydrogens is 316 g/mol. The van der Waals surface area contributed by atoms with Crippen LogP contribution in [0.25, 0.3) is 16.6 Å². The lowest BCUT2D eigenvalue weighted by molar-refractivity contribution is 0.762. The molecule has 3 rings (SSSR count). The number of halogens is 2. The predicted molar refractivity (Wildman–Crippen MR) is 75.1 cm³/mol. The van der Waals surface area contributed by atoms with Gasteiger partial charge >= 0.3 is 0 Å². The Morgan fingerprint density at radius 3 is 2.78 bits per heavy atom. The molecule has 2 aromatic heterocycles. The number of nitrogens with zero attached hydrogens (tertiary/aromatic N) is 4. The number of hydrogen-bond acceptors (Lipinski definition) is 3. The molecule has 0 fully saturated rings. The Morgan fingerprint density at radius 2 is 2.06 bits per heavy atom. The molecule has 0 radical (unpaired) electrons. The van der Waals surface area contributed by atoms with Crippen molar-refractivity contribution in [2.24, 2.45) is 0 Å². The van der Waals surface area contributed by atoms with Crippen LogP contribution in [-0.4, -0.2) is 19.6 Å². The van der Waals surface area contributed by atoms with Gasteiger partial charge < -0.3 is 0 Å².